The molecule has 0 amide bonds. The van der Waals surface area contributed by atoms with Crippen molar-refractivity contribution in [2.75, 3.05) is 31.2 Å². The monoisotopic (exact) mass is 292 g/mol. The Morgan fingerprint density at radius 2 is 2.15 bits per heavy atom. The van der Waals surface area contributed by atoms with E-state index >= 15 is 0 Å². The van der Waals surface area contributed by atoms with Crippen LogP contribution in [0.25, 0.3) is 0 Å². The van der Waals surface area contributed by atoms with Crippen LogP contribution in [0.3, 0.4) is 0 Å². The minimum atomic E-state index is 0. The Morgan fingerprint density at radius 1 is 1.25 bits per heavy atom. The average molecular weight is 293 g/mol. The maximum atomic E-state index is 5.37. The molecule has 0 radical (unpaired) electrons. The van der Waals surface area contributed by atoms with Crippen molar-refractivity contribution in [3.05, 3.63) is 29.8 Å². The van der Waals surface area contributed by atoms with Crippen molar-refractivity contribution < 1.29 is 9.57 Å². The highest BCUT2D eigenvalue weighted by molar-refractivity contribution is 5.85. The van der Waals surface area contributed by atoms with Crippen molar-refractivity contribution in [1.82, 2.24) is 0 Å². The van der Waals surface area contributed by atoms with Crippen LogP contribution < -0.4 is 4.90 Å². The SMILES string of the molecule is C(#CCN1CCc2ccccc21)COC1=NOCC1.Cl. The summed E-state index contributed by atoms with van der Waals surface area (Å²) in [6, 6.07) is 8.51. The van der Waals surface area contributed by atoms with Gasteiger partial charge in [-0.1, -0.05) is 35.2 Å². The summed E-state index contributed by atoms with van der Waals surface area (Å²) in [5.41, 5.74) is 2.73. The van der Waals surface area contributed by atoms with Gasteiger partial charge in [-0.2, -0.15) is 0 Å². The van der Waals surface area contributed by atoms with Gasteiger partial charge in [-0.05, 0) is 18.1 Å². The van der Waals surface area contributed by atoms with E-state index < -0.39 is 0 Å². The smallest absolute Gasteiger partial charge is 0.230 e. The molecule has 3 rings (SSSR count). The van der Waals surface area contributed by atoms with Gasteiger partial charge in [0.25, 0.3) is 0 Å². The quantitative estimate of drug-likeness (QED) is 0.784. The molecule has 2 heterocycles. The largest absolute Gasteiger partial charge is 0.465 e. The molecular weight excluding hydrogens is 276 g/mol. The number of halogens is 1. The number of oxime groups is 1. The third-order valence-electron chi connectivity index (χ3n) is 3.26. The first-order valence-corrected chi connectivity index (χ1v) is 6.54. The van der Waals surface area contributed by atoms with Crippen molar-refractivity contribution >= 4 is 24.0 Å². The number of hydrogen-bond acceptors (Lipinski definition) is 4. The Kier molecular flexibility index (Phi) is 5.14. The molecule has 0 saturated heterocycles. The first-order valence-electron chi connectivity index (χ1n) is 6.54. The van der Waals surface area contributed by atoms with E-state index in [9.17, 15) is 0 Å². The summed E-state index contributed by atoms with van der Waals surface area (Å²) < 4.78 is 5.37. The number of anilines is 1. The van der Waals surface area contributed by atoms with Crippen molar-refractivity contribution in [3.8, 4) is 11.8 Å². The van der Waals surface area contributed by atoms with E-state index in [-0.39, 0.29) is 12.4 Å². The first kappa shape index (κ1) is 14.5. The fourth-order valence-corrected chi connectivity index (χ4v) is 2.29. The molecule has 0 bridgehead atoms. The van der Waals surface area contributed by atoms with Crippen LogP contribution >= 0.6 is 12.4 Å². The zero-order valence-corrected chi connectivity index (χ0v) is 12.0. The molecule has 1 aromatic rings. The van der Waals surface area contributed by atoms with Gasteiger partial charge in [0.1, 0.15) is 6.61 Å². The lowest BCUT2D eigenvalue weighted by Crippen LogP contribution is -2.20. The van der Waals surface area contributed by atoms with Crippen molar-refractivity contribution in [2.24, 2.45) is 5.16 Å². The van der Waals surface area contributed by atoms with Crippen LogP contribution in [0.1, 0.15) is 12.0 Å². The highest BCUT2D eigenvalue weighted by atomic mass is 35.5. The van der Waals surface area contributed by atoms with Gasteiger partial charge < -0.3 is 14.5 Å². The molecule has 4 nitrogen and oxygen atoms in total. The summed E-state index contributed by atoms with van der Waals surface area (Å²) in [5.74, 6) is 6.82. The molecule has 5 heteroatoms. The van der Waals surface area contributed by atoms with E-state index in [1.807, 2.05) is 0 Å². The van der Waals surface area contributed by atoms with E-state index in [1.54, 1.807) is 0 Å². The Labute approximate surface area is 125 Å². The van der Waals surface area contributed by atoms with E-state index in [0.717, 1.165) is 25.9 Å². The van der Waals surface area contributed by atoms with Gasteiger partial charge in [-0.25, -0.2) is 0 Å². The van der Waals surface area contributed by atoms with Gasteiger partial charge in [0.2, 0.25) is 5.90 Å². The Bertz CT molecular complexity index is 548. The van der Waals surface area contributed by atoms with Crippen molar-refractivity contribution in [3.63, 3.8) is 0 Å². The molecule has 106 valence electrons. The molecule has 0 aromatic heterocycles. The molecule has 0 aliphatic carbocycles. The second-order valence-corrected chi connectivity index (χ2v) is 4.51. The number of fused-ring (bicyclic) bond motifs is 1. The lowest BCUT2D eigenvalue weighted by Gasteiger charge is -2.15. The third-order valence-corrected chi connectivity index (χ3v) is 3.26. The number of nitrogens with zero attached hydrogens (tertiary/aromatic N) is 2. The van der Waals surface area contributed by atoms with E-state index in [0.29, 0.717) is 19.1 Å². The van der Waals surface area contributed by atoms with Gasteiger partial charge in [-0.15, -0.1) is 12.4 Å². The molecule has 0 N–H and O–H groups in total. The lowest BCUT2D eigenvalue weighted by atomic mass is 10.2. The predicted octanol–water partition coefficient (Wildman–Crippen LogP) is 2.22. The lowest BCUT2D eigenvalue weighted by molar-refractivity contribution is 0.171. The molecular formula is C15H17ClN2O2. The van der Waals surface area contributed by atoms with Crippen molar-refractivity contribution in [2.45, 2.75) is 12.8 Å². The molecule has 1 aromatic carbocycles. The summed E-state index contributed by atoms with van der Waals surface area (Å²) in [6.07, 6.45) is 1.86. The first-order chi connectivity index (χ1) is 9.43. The second kappa shape index (κ2) is 7.06. The topological polar surface area (TPSA) is 34.1 Å². The van der Waals surface area contributed by atoms with Gasteiger partial charge in [0.15, 0.2) is 6.61 Å². The third kappa shape index (κ3) is 3.37. The van der Waals surface area contributed by atoms with Crippen LogP contribution in [-0.2, 0) is 16.0 Å². The molecule has 0 unspecified atom stereocenters. The fourth-order valence-electron chi connectivity index (χ4n) is 2.29. The Morgan fingerprint density at radius 3 is 3.00 bits per heavy atom. The molecule has 0 atom stereocenters. The number of rotatable bonds is 2. The average Bonchev–Trinajstić information content (AvgIpc) is 3.08. The van der Waals surface area contributed by atoms with Gasteiger partial charge in [-0.3, -0.25) is 0 Å². The molecule has 2 aliphatic heterocycles. The Balaban J connectivity index is 0.00000147. The zero-order valence-electron chi connectivity index (χ0n) is 11.2. The maximum Gasteiger partial charge on any atom is 0.230 e. The predicted molar refractivity (Wildman–Crippen MR) is 81.3 cm³/mol. The Hall–Kier alpha value is -1.86. The van der Waals surface area contributed by atoms with Crippen LogP contribution in [-0.4, -0.2) is 32.2 Å². The normalized spacial score (nSPS) is 15.4. The van der Waals surface area contributed by atoms with E-state index in [1.165, 1.54) is 11.3 Å². The molecule has 0 saturated carbocycles. The van der Waals surface area contributed by atoms with E-state index in [4.69, 9.17) is 9.57 Å². The van der Waals surface area contributed by atoms with Crippen LogP contribution in [0.5, 0.6) is 0 Å². The van der Waals surface area contributed by atoms with Crippen LogP contribution in [0.15, 0.2) is 29.4 Å². The molecule has 2 aliphatic rings. The number of hydrogen-bond donors (Lipinski definition) is 0. The zero-order chi connectivity index (χ0) is 12.9. The van der Waals surface area contributed by atoms with Crippen LogP contribution in [0.4, 0.5) is 5.69 Å². The highest BCUT2D eigenvalue weighted by Gasteiger charge is 2.16. The summed E-state index contributed by atoms with van der Waals surface area (Å²) in [5, 5.41) is 3.76. The number of benzene rings is 1. The second-order valence-electron chi connectivity index (χ2n) is 4.51. The van der Waals surface area contributed by atoms with Crippen LogP contribution in [0.2, 0.25) is 0 Å². The minimum Gasteiger partial charge on any atom is -0.465 e. The van der Waals surface area contributed by atoms with Gasteiger partial charge >= 0.3 is 0 Å². The summed E-state index contributed by atoms with van der Waals surface area (Å²) in [4.78, 5) is 7.15. The summed E-state index contributed by atoms with van der Waals surface area (Å²) in [6.45, 7) is 2.81. The van der Waals surface area contributed by atoms with Gasteiger partial charge in [0, 0.05) is 12.2 Å². The number of para-hydroxylation sites is 1. The minimum absolute atomic E-state index is 0. The number of ether oxygens (including phenoxy) is 1. The van der Waals surface area contributed by atoms with Crippen LogP contribution in [0, 0.1) is 11.8 Å². The maximum absolute atomic E-state index is 5.37. The molecule has 0 fully saturated rings. The van der Waals surface area contributed by atoms with Gasteiger partial charge in [0.05, 0.1) is 13.0 Å². The van der Waals surface area contributed by atoms with Crippen molar-refractivity contribution in [1.29, 1.82) is 0 Å². The summed E-state index contributed by atoms with van der Waals surface area (Å²) in [7, 11) is 0. The molecule has 20 heavy (non-hydrogen) atoms. The van der Waals surface area contributed by atoms with E-state index in [2.05, 4.69) is 46.2 Å². The standard InChI is InChI=1S/C15H16N2O2.ClH/c1-2-6-14-13(5-1)7-10-17(14)9-3-4-11-18-15-8-12-19-16-15;/h1-2,5-6H,7-12H2;1H. The fraction of sp³-hybridized carbons (Fsp3) is 0.400. The highest BCUT2D eigenvalue weighted by Crippen LogP contribution is 2.26. The molecule has 0 spiro atoms. The summed E-state index contributed by atoms with van der Waals surface area (Å²) >= 11 is 0.